The average Bonchev–Trinajstić information content (AvgIpc) is 2.80. The van der Waals surface area contributed by atoms with Crippen molar-refractivity contribution < 1.29 is 14.3 Å². The number of nitrogens with one attached hydrogen (secondary N) is 1. The van der Waals surface area contributed by atoms with Gasteiger partial charge in [-0.3, -0.25) is 4.79 Å². The number of nitrogens with two attached hydrogens (primary N) is 2. The molecule has 1 saturated heterocycles. The highest BCUT2D eigenvalue weighted by atomic mass is 16.5. The molecular formula is C23H26N6O3. The number of nitrogens with zero attached hydrogens (tertiary/aromatic N) is 3. The minimum absolute atomic E-state index is 0.0547. The largest absolute Gasteiger partial charge is 0.437 e. The van der Waals surface area contributed by atoms with E-state index in [1.54, 1.807) is 24.3 Å². The van der Waals surface area contributed by atoms with Crippen LogP contribution in [0.4, 0.5) is 22.9 Å². The molecule has 3 aromatic rings. The zero-order chi connectivity index (χ0) is 22.5. The van der Waals surface area contributed by atoms with E-state index in [0.29, 0.717) is 23.6 Å². The summed E-state index contributed by atoms with van der Waals surface area (Å²) in [5, 5.41) is 3.15. The zero-order valence-electron chi connectivity index (χ0n) is 17.9. The number of aryl methyl sites for hydroxylation is 1. The normalized spacial score (nSPS) is 13.6. The first kappa shape index (κ1) is 21.4. The number of amides is 1. The second kappa shape index (κ2) is 9.52. The van der Waals surface area contributed by atoms with Crippen LogP contribution in [0, 0.1) is 0 Å². The highest BCUT2D eigenvalue weighted by Crippen LogP contribution is 2.29. The molecule has 0 bridgehead atoms. The van der Waals surface area contributed by atoms with Gasteiger partial charge in [-0.15, -0.1) is 0 Å². The highest BCUT2D eigenvalue weighted by Gasteiger charge is 2.19. The fraction of sp³-hybridized carbons (Fsp3) is 0.261. The second-order valence-corrected chi connectivity index (χ2v) is 7.34. The molecule has 166 valence electrons. The van der Waals surface area contributed by atoms with Crippen LogP contribution in [0.5, 0.6) is 11.6 Å². The number of ether oxygens (including phenoxy) is 2. The Bertz CT molecular complexity index is 1100. The monoisotopic (exact) mass is 434 g/mol. The number of benzene rings is 2. The van der Waals surface area contributed by atoms with Crippen LogP contribution in [0.2, 0.25) is 0 Å². The van der Waals surface area contributed by atoms with Crippen molar-refractivity contribution in [3.63, 3.8) is 0 Å². The molecule has 1 fully saturated rings. The molecule has 32 heavy (non-hydrogen) atoms. The first-order valence-corrected chi connectivity index (χ1v) is 10.5. The number of primary amides is 1. The molecule has 0 radical (unpaired) electrons. The van der Waals surface area contributed by atoms with Crippen molar-refractivity contribution in [2.75, 3.05) is 42.3 Å². The van der Waals surface area contributed by atoms with Crippen LogP contribution in [-0.2, 0) is 11.2 Å². The van der Waals surface area contributed by atoms with E-state index < -0.39 is 5.91 Å². The molecule has 9 heteroatoms. The quantitative estimate of drug-likeness (QED) is 0.484. The van der Waals surface area contributed by atoms with E-state index in [4.69, 9.17) is 20.9 Å². The fourth-order valence-electron chi connectivity index (χ4n) is 3.43. The van der Waals surface area contributed by atoms with Crippen LogP contribution in [0.25, 0.3) is 0 Å². The summed E-state index contributed by atoms with van der Waals surface area (Å²) >= 11 is 0. The Morgan fingerprint density at radius 2 is 1.91 bits per heavy atom. The third kappa shape index (κ3) is 4.89. The topological polar surface area (TPSA) is 129 Å². The van der Waals surface area contributed by atoms with Gasteiger partial charge in [0, 0.05) is 36.2 Å². The van der Waals surface area contributed by atoms with E-state index >= 15 is 0 Å². The number of morpholine rings is 1. The van der Waals surface area contributed by atoms with Gasteiger partial charge in [0.15, 0.2) is 11.5 Å². The molecule has 2 aromatic carbocycles. The molecular weight excluding hydrogens is 408 g/mol. The van der Waals surface area contributed by atoms with Gasteiger partial charge in [-0.2, -0.15) is 4.98 Å². The summed E-state index contributed by atoms with van der Waals surface area (Å²) in [6.45, 7) is 5.05. The van der Waals surface area contributed by atoms with Crippen molar-refractivity contribution >= 4 is 28.8 Å². The summed E-state index contributed by atoms with van der Waals surface area (Å²) in [5.41, 5.74) is 14.4. The van der Waals surface area contributed by atoms with Crippen LogP contribution in [0.15, 0.2) is 48.5 Å². The Morgan fingerprint density at radius 3 is 2.56 bits per heavy atom. The van der Waals surface area contributed by atoms with Gasteiger partial charge in [0.1, 0.15) is 11.4 Å². The van der Waals surface area contributed by atoms with Crippen molar-refractivity contribution in [3.8, 4) is 11.6 Å². The van der Waals surface area contributed by atoms with E-state index in [9.17, 15) is 4.79 Å². The van der Waals surface area contributed by atoms with Crippen molar-refractivity contribution in [1.29, 1.82) is 0 Å². The maximum absolute atomic E-state index is 12.1. The summed E-state index contributed by atoms with van der Waals surface area (Å²) in [4.78, 5) is 23.3. The number of carbonyl (C=O) groups excluding carboxylic acids is 1. The molecule has 9 nitrogen and oxygen atoms in total. The Hall–Kier alpha value is -3.85. The smallest absolute Gasteiger partial charge is 0.271 e. The molecule has 0 spiro atoms. The van der Waals surface area contributed by atoms with Crippen LogP contribution in [0.1, 0.15) is 23.1 Å². The number of nitrogen functional groups attached to an aromatic ring is 1. The van der Waals surface area contributed by atoms with E-state index in [1.165, 1.54) is 0 Å². The summed E-state index contributed by atoms with van der Waals surface area (Å²) in [6.07, 6.45) is 0.513. The molecule has 2 heterocycles. The van der Waals surface area contributed by atoms with Gasteiger partial charge in [0.05, 0.1) is 13.2 Å². The van der Waals surface area contributed by atoms with Crippen LogP contribution in [-0.4, -0.2) is 42.2 Å². The lowest BCUT2D eigenvalue weighted by Crippen LogP contribution is -2.36. The Balaban J connectivity index is 1.62. The minimum Gasteiger partial charge on any atom is -0.437 e. The van der Waals surface area contributed by atoms with E-state index in [-0.39, 0.29) is 17.4 Å². The van der Waals surface area contributed by atoms with Crippen molar-refractivity contribution in [2.45, 2.75) is 13.3 Å². The first-order chi connectivity index (χ1) is 15.5. The van der Waals surface area contributed by atoms with Gasteiger partial charge in [0.25, 0.3) is 5.91 Å². The zero-order valence-corrected chi connectivity index (χ0v) is 17.9. The van der Waals surface area contributed by atoms with E-state index in [2.05, 4.69) is 20.2 Å². The number of hydrogen-bond acceptors (Lipinski definition) is 8. The molecule has 1 aliphatic rings. The van der Waals surface area contributed by atoms with Gasteiger partial charge in [0.2, 0.25) is 5.88 Å². The number of rotatable bonds is 7. The first-order valence-electron chi connectivity index (χ1n) is 10.5. The third-order valence-electron chi connectivity index (χ3n) is 5.08. The number of aromatic nitrogens is 2. The second-order valence-electron chi connectivity index (χ2n) is 7.34. The molecule has 1 aromatic heterocycles. The molecule has 0 unspecified atom stereocenters. The maximum Gasteiger partial charge on any atom is 0.271 e. The van der Waals surface area contributed by atoms with Gasteiger partial charge in [-0.05, 0) is 42.8 Å². The van der Waals surface area contributed by atoms with Gasteiger partial charge in [-0.1, -0.05) is 13.0 Å². The summed E-state index contributed by atoms with van der Waals surface area (Å²) in [7, 11) is 0. The lowest BCUT2D eigenvalue weighted by Gasteiger charge is -2.28. The molecule has 1 aliphatic heterocycles. The average molecular weight is 435 g/mol. The maximum atomic E-state index is 12.1. The van der Waals surface area contributed by atoms with Crippen LogP contribution in [0.3, 0.4) is 0 Å². The van der Waals surface area contributed by atoms with Crippen LogP contribution >= 0.6 is 0 Å². The Labute approximate surface area is 186 Å². The van der Waals surface area contributed by atoms with E-state index in [1.807, 2.05) is 31.2 Å². The van der Waals surface area contributed by atoms with Crippen LogP contribution < -0.4 is 26.4 Å². The Morgan fingerprint density at radius 1 is 1.16 bits per heavy atom. The highest BCUT2D eigenvalue weighted by molar-refractivity contribution is 5.96. The number of hydrogen-bond donors (Lipinski definition) is 3. The summed E-state index contributed by atoms with van der Waals surface area (Å²) < 4.78 is 11.3. The molecule has 0 saturated carbocycles. The molecule has 4 rings (SSSR count). The van der Waals surface area contributed by atoms with Crippen molar-refractivity contribution in [3.05, 3.63) is 59.9 Å². The molecule has 5 N–H and O–H groups in total. The van der Waals surface area contributed by atoms with Crippen molar-refractivity contribution in [1.82, 2.24) is 9.97 Å². The standard InChI is InChI=1S/C23H26N6O3/c1-2-19-23(32-18-5-3-4-15(24)14-18)28-22(20(27-19)21(25)30)26-16-6-8-17(9-7-16)29-10-12-31-13-11-29/h3-9,14H,2,10-13,24H2,1H3,(H2,25,30)(H,26,28). The fourth-order valence-corrected chi connectivity index (χ4v) is 3.43. The Kier molecular flexibility index (Phi) is 6.37. The van der Waals surface area contributed by atoms with Gasteiger partial charge in [-0.25, -0.2) is 4.98 Å². The summed E-state index contributed by atoms with van der Waals surface area (Å²) in [6, 6.07) is 14.9. The molecule has 0 atom stereocenters. The number of carbonyl (C=O) groups is 1. The third-order valence-corrected chi connectivity index (χ3v) is 5.08. The molecule has 1 amide bonds. The predicted octanol–water partition coefficient (Wildman–Crippen LogP) is 3.09. The minimum atomic E-state index is -0.671. The van der Waals surface area contributed by atoms with Gasteiger partial charge >= 0.3 is 0 Å². The SMILES string of the molecule is CCc1nc(C(N)=O)c(Nc2ccc(N3CCOCC3)cc2)nc1Oc1cccc(N)c1. The lowest BCUT2D eigenvalue weighted by atomic mass is 10.2. The molecule has 0 aliphatic carbocycles. The van der Waals surface area contributed by atoms with E-state index in [0.717, 1.165) is 37.7 Å². The number of anilines is 4. The lowest BCUT2D eigenvalue weighted by molar-refractivity contribution is 0.0996. The predicted molar refractivity (Wildman–Crippen MR) is 124 cm³/mol. The van der Waals surface area contributed by atoms with Gasteiger partial charge < -0.3 is 31.2 Å². The van der Waals surface area contributed by atoms with Crippen molar-refractivity contribution in [2.24, 2.45) is 5.73 Å². The summed E-state index contributed by atoms with van der Waals surface area (Å²) in [5.74, 6) is 0.375.